The van der Waals surface area contributed by atoms with Crippen molar-refractivity contribution < 1.29 is 17.6 Å². The third-order valence-corrected chi connectivity index (χ3v) is 8.56. The normalized spacial score (nSPS) is 18.6. The van der Waals surface area contributed by atoms with E-state index >= 15 is 0 Å². The number of likely N-dealkylation sites (tertiary alicyclic amines) is 1. The quantitative estimate of drug-likeness (QED) is 0.759. The van der Waals surface area contributed by atoms with E-state index in [1.807, 2.05) is 4.90 Å². The van der Waals surface area contributed by atoms with E-state index in [2.05, 4.69) is 0 Å². The standard InChI is InChI=1S/C19H22FN3O3S2/c20-16-5-1-2-6-17(16)21-9-11-23(12-10-21)28(25,26)18-13-15(14-27-18)19(24)22-7-3-4-8-22/h1-2,5-6,13-14H,3-4,7-12H2. The molecule has 1 amide bonds. The Morgan fingerprint density at radius 3 is 2.36 bits per heavy atom. The number of hydrogen-bond donors (Lipinski definition) is 0. The fraction of sp³-hybridized carbons (Fsp3) is 0.421. The van der Waals surface area contributed by atoms with Crippen LogP contribution in [-0.4, -0.2) is 62.8 Å². The molecule has 3 heterocycles. The summed E-state index contributed by atoms with van der Waals surface area (Å²) in [5, 5.41) is 1.63. The highest BCUT2D eigenvalue weighted by Gasteiger charge is 2.31. The largest absolute Gasteiger partial charge is 0.367 e. The first kappa shape index (κ1) is 19.4. The van der Waals surface area contributed by atoms with Gasteiger partial charge in [-0.2, -0.15) is 4.31 Å². The zero-order chi connectivity index (χ0) is 19.7. The lowest BCUT2D eigenvalue weighted by Gasteiger charge is -2.35. The van der Waals surface area contributed by atoms with Crippen molar-refractivity contribution in [3.05, 3.63) is 47.1 Å². The summed E-state index contributed by atoms with van der Waals surface area (Å²) in [5.74, 6) is -0.401. The minimum atomic E-state index is -3.65. The Hall–Kier alpha value is -1.97. The van der Waals surface area contributed by atoms with Crippen molar-refractivity contribution in [1.29, 1.82) is 0 Å². The Balaban J connectivity index is 1.45. The molecule has 1 aromatic carbocycles. The molecule has 9 heteroatoms. The SMILES string of the molecule is O=C(c1csc(S(=O)(=O)N2CCN(c3ccccc3F)CC2)c1)N1CCCC1. The molecule has 2 saturated heterocycles. The summed E-state index contributed by atoms with van der Waals surface area (Å²) >= 11 is 1.09. The maximum Gasteiger partial charge on any atom is 0.254 e. The van der Waals surface area contributed by atoms with Crippen LogP contribution < -0.4 is 4.90 Å². The van der Waals surface area contributed by atoms with Crippen LogP contribution in [0, 0.1) is 5.82 Å². The second-order valence-electron chi connectivity index (χ2n) is 7.00. The number of benzene rings is 1. The molecule has 0 radical (unpaired) electrons. The van der Waals surface area contributed by atoms with E-state index in [1.54, 1.807) is 28.5 Å². The van der Waals surface area contributed by atoms with Crippen LogP contribution in [0.1, 0.15) is 23.2 Å². The molecule has 28 heavy (non-hydrogen) atoms. The Kier molecular flexibility index (Phi) is 5.39. The van der Waals surface area contributed by atoms with Gasteiger partial charge in [0.15, 0.2) is 0 Å². The average Bonchev–Trinajstić information content (AvgIpc) is 3.40. The minimum absolute atomic E-state index is 0.0976. The van der Waals surface area contributed by atoms with Crippen molar-refractivity contribution in [3.8, 4) is 0 Å². The van der Waals surface area contributed by atoms with Crippen molar-refractivity contribution in [1.82, 2.24) is 9.21 Å². The summed E-state index contributed by atoms with van der Waals surface area (Å²) in [6.45, 7) is 2.87. The molecule has 2 aromatic rings. The van der Waals surface area contributed by atoms with Gasteiger partial charge < -0.3 is 9.80 Å². The highest BCUT2D eigenvalue weighted by molar-refractivity contribution is 7.91. The summed E-state index contributed by atoms with van der Waals surface area (Å²) in [5.41, 5.74) is 0.935. The highest BCUT2D eigenvalue weighted by atomic mass is 32.2. The third-order valence-electron chi connectivity index (χ3n) is 5.24. The molecular weight excluding hydrogens is 401 g/mol. The minimum Gasteiger partial charge on any atom is -0.367 e. The van der Waals surface area contributed by atoms with Crippen LogP contribution >= 0.6 is 11.3 Å². The number of halogens is 1. The number of sulfonamides is 1. The second-order valence-corrected chi connectivity index (χ2v) is 10.1. The number of carbonyl (C=O) groups is 1. The maximum absolute atomic E-state index is 14.0. The number of amides is 1. The number of hydrogen-bond acceptors (Lipinski definition) is 5. The zero-order valence-electron chi connectivity index (χ0n) is 15.4. The molecule has 1 aromatic heterocycles. The van der Waals surface area contributed by atoms with E-state index < -0.39 is 10.0 Å². The number of rotatable bonds is 4. The summed E-state index contributed by atoms with van der Waals surface area (Å²) in [6, 6.07) is 8.01. The van der Waals surface area contributed by atoms with Gasteiger partial charge >= 0.3 is 0 Å². The fourth-order valence-electron chi connectivity index (χ4n) is 3.67. The van der Waals surface area contributed by atoms with Crippen molar-refractivity contribution in [2.75, 3.05) is 44.2 Å². The Morgan fingerprint density at radius 2 is 1.68 bits per heavy atom. The van der Waals surface area contributed by atoms with Crippen LogP contribution in [0.2, 0.25) is 0 Å². The van der Waals surface area contributed by atoms with Gasteiger partial charge in [0.2, 0.25) is 0 Å². The van der Waals surface area contributed by atoms with Crippen LogP contribution in [-0.2, 0) is 10.0 Å². The summed E-state index contributed by atoms with van der Waals surface area (Å²) in [6.07, 6.45) is 1.99. The van der Waals surface area contributed by atoms with E-state index in [0.717, 1.165) is 37.3 Å². The van der Waals surface area contributed by atoms with Crippen molar-refractivity contribution in [2.45, 2.75) is 17.1 Å². The van der Waals surface area contributed by atoms with E-state index in [-0.39, 0.29) is 29.0 Å². The van der Waals surface area contributed by atoms with Gasteiger partial charge in [0, 0.05) is 44.6 Å². The van der Waals surface area contributed by atoms with Gasteiger partial charge in [-0.15, -0.1) is 11.3 Å². The fourth-order valence-corrected chi connectivity index (χ4v) is 6.40. The van der Waals surface area contributed by atoms with E-state index in [4.69, 9.17) is 0 Å². The number of nitrogens with zero attached hydrogens (tertiary/aromatic N) is 3. The number of piperazine rings is 1. The first-order valence-corrected chi connectivity index (χ1v) is 11.7. The monoisotopic (exact) mass is 423 g/mol. The number of thiophene rings is 1. The van der Waals surface area contributed by atoms with Gasteiger partial charge in [-0.25, -0.2) is 12.8 Å². The number of para-hydroxylation sites is 1. The average molecular weight is 424 g/mol. The second kappa shape index (κ2) is 7.81. The van der Waals surface area contributed by atoms with Crippen LogP contribution in [0.3, 0.4) is 0 Å². The lowest BCUT2D eigenvalue weighted by atomic mass is 10.2. The molecule has 4 rings (SSSR count). The lowest BCUT2D eigenvalue weighted by molar-refractivity contribution is 0.0793. The molecule has 2 aliphatic rings. The summed E-state index contributed by atoms with van der Waals surface area (Å²) in [4.78, 5) is 16.1. The molecule has 0 N–H and O–H groups in total. The Morgan fingerprint density at radius 1 is 1.00 bits per heavy atom. The van der Waals surface area contributed by atoms with Gasteiger partial charge in [0.25, 0.3) is 15.9 Å². The van der Waals surface area contributed by atoms with Crippen molar-refractivity contribution in [3.63, 3.8) is 0 Å². The van der Waals surface area contributed by atoms with Gasteiger partial charge in [-0.3, -0.25) is 4.79 Å². The van der Waals surface area contributed by atoms with Crippen molar-refractivity contribution in [2.24, 2.45) is 0 Å². The molecule has 0 aliphatic carbocycles. The van der Waals surface area contributed by atoms with Crippen LogP contribution in [0.15, 0.2) is 39.9 Å². The third kappa shape index (κ3) is 3.66. The van der Waals surface area contributed by atoms with Crippen LogP contribution in [0.4, 0.5) is 10.1 Å². The Bertz CT molecular complexity index is 962. The highest BCUT2D eigenvalue weighted by Crippen LogP contribution is 2.28. The van der Waals surface area contributed by atoms with Gasteiger partial charge in [-0.1, -0.05) is 12.1 Å². The number of carbonyl (C=O) groups excluding carboxylic acids is 1. The first-order valence-electron chi connectivity index (χ1n) is 9.34. The van der Waals surface area contributed by atoms with E-state index in [0.29, 0.717) is 24.3 Å². The zero-order valence-corrected chi connectivity index (χ0v) is 17.0. The molecule has 150 valence electrons. The molecule has 2 fully saturated rings. The van der Waals surface area contributed by atoms with Crippen LogP contribution in [0.25, 0.3) is 0 Å². The molecule has 0 unspecified atom stereocenters. The molecule has 0 bridgehead atoms. The molecule has 2 aliphatic heterocycles. The van der Waals surface area contributed by atoms with E-state index in [9.17, 15) is 17.6 Å². The number of anilines is 1. The Labute approximate surface area is 168 Å². The smallest absolute Gasteiger partial charge is 0.254 e. The summed E-state index contributed by atoms with van der Waals surface area (Å²) in [7, 11) is -3.65. The van der Waals surface area contributed by atoms with Gasteiger partial charge in [0.1, 0.15) is 10.0 Å². The van der Waals surface area contributed by atoms with Crippen LogP contribution in [0.5, 0.6) is 0 Å². The predicted octanol–water partition coefficient (Wildman–Crippen LogP) is 2.63. The van der Waals surface area contributed by atoms with E-state index in [1.165, 1.54) is 16.4 Å². The molecule has 6 nitrogen and oxygen atoms in total. The summed E-state index contributed by atoms with van der Waals surface area (Å²) < 4.78 is 41.5. The molecule has 0 atom stereocenters. The van der Waals surface area contributed by atoms with Gasteiger partial charge in [0.05, 0.1) is 11.3 Å². The molecular formula is C19H22FN3O3S2. The molecule has 0 spiro atoms. The lowest BCUT2D eigenvalue weighted by Crippen LogP contribution is -2.48. The predicted molar refractivity (Wildman–Crippen MR) is 107 cm³/mol. The topological polar surface area (TPSA) is 60.9 Å². The molecule has 0 saturated carbocycles. The first-order chi connectivity index (χ1) is 13.5. The maximum atomic E-state index is 14.0. The van der Waals surface area contributed by atoms with Gasteiger partial charge in [-0.05, 0) is 31.0 Å². The van der Waals surface area contributed by atoms with Crippen molar-refractivity contribution >= 4 is 33.0 Å².